The van der Waals surface area contributed by atoms with Crippen molar-refractivity contribution in [3.05, 3.63) is 0 Å². The average Bonchev–Trinajstić information content (AvgIpc) is 3.08. The first-order chi connectivity index (χ1) is 13.7. The molecule has 7 heteroatoms. The van der Waals surface area contributed by atoms with E-state index in [2.05, 4.69) is 39.3 Å². The van der Waals surface area contributed by atoms with Gasteiger partial charge in [-0.1, -0.05) is 20.3 Å². The zero-order chi connectivity index (χ0) is 21.4. The van der Waals surface area contributed by atoms with Crippen LogP contribution in [0.2, 0.25) is 0 Å². The van der Waals surface area contributed by atoms with Gasteiger partial charge >= 0.3 is 6.09 Å². The van der Waals surface area contributed by atoms with Crippen molar-refractivity contribution in [2.75, 3.05) is 46.3 Å². The summed E-state index contributed by atoms with van der Waals surface area (Å²) >= 11 is 0. The van der Waals surface area contributed by atoms with Gasteiger partial charge in [0.1, 0.15) is 5.60 Å². The number of alkyl carbamates (subject to hydrolysis) is 1. The molecule has 2 atom stereocenters. The summed E-state index contributed by atoms with van der Waals surface area (Å²) in [6.07, 6.45) is 4.94. The van der Waals surface area contributed by atoms with Gasteiger partial charge in [0.25, 0.3) is 0 Å². The minimum atomic E-state index is -0.492. The third-order valence-corrected chi connectivity index (χ3v) is 5.75. The van der Waals surface area contributed by atoms with Crippen LogP contribution in [0.25, 0.3) is 0 Å². The second-order valence-corrected chi connectivity index (χ2v) is 9.89. The zero-order valence-corrected chi connectivity index (χ0v) is 19.5. The maximum absolute atomic E-state index is 12.2. The number of aliphatic imine (C=N–C) groups is 1. The Bertz CT molecular complexity index is 538. The van der Waals surface area contributed by atoms with E-state index in [9.17, 15) is 4.79 Å². The van der Waals surface area contributed by atoms with Gasteiger partial charge in [0.2, 0.25) is 0 Å². The molecule has 2 saturated heterocycles. The van der Waals surface area contributed by atoms with Crippen LogP contribution >= 0.6 is 0 Å². The third kappa shape index (κ3) is 8.41. The van der Waals surface area contributed by atoms with E-state index in [1.807, 2.05) is 27.8 Å². The van der Waals surface area contributed by atoms with Crippen LogP contribution in [0.4, 0.5) is 4.79 Å². The second-order valence-electron chi connectivity index (χ2n) is 9.89. The first-order valence-electron chi connectivity index (χ1n) is 11.4. The van der Waals surface area contributed by atoms with Gasteiger partial charge < -0.3 is 25.2 Å². The molecule has 2 unspecified atom stereocenters. The predicted octanol–water partition coefficient (Wildman–Crippen LogP) is 2.92. The molecule has 168 valence electrons. The SMILES string of the molecule is CN=C(NCC(NC(=O)OC(C)(C)C)C(C)C)N1CCC(CN2CCCCC2)C1. The number of hydrogen-bond donors (Lipinski definition) is 2. The molecule has 0 saturated carbocycles. The standard InChI is InChI=1S/C22H43N5O2/c1-17(2)19(25-21(28)29-22(3,4)5)14-24-20(23-6)27-13-10-18(16-27)15-26-11-8-7-9-12-26/h17-19H,7-16H2,1-6H3,(H,23,24)(H,25,28). The number of carbonyl (C=O) groups excluding carboxylic acids is 1. The van der Waals surface area contributed by atoms with E-state index >= 15 is 0 Å². The Morgan fingerprint density at radius 3 is 2.45 bits per heavy atom. The molecule has 2 aliphatic heterocycles. The molecule has 7 nitrogen and oxygen atoms in total. The summed E-state index contributed by atoms with van der Waals surface area (Å²) in [6.45, 7) is 16.3. The fraction of sp³-hybridized carbons (Fsp3) is 0.909. The summed E-state index contributed by atoms with van der Waals surface area (Å²) < 4.78 is 5.41. The summed E-state index contributed by atoms with van der Waals surface area (Å²) in [5, 5.41) is 6.48. The minimum Gasteiger partial charge on any atom is -0.444 e. The number of guanidine groups is 1. The molecular formula is C22H43N5O2. The average molecular weight is 410 g/mol. The molecule has 1 amide bonds. The summed E-state index contributed by atoms with van der Waals surface area (Å²) in [4.78, 5) is 21.7. The molecule has 0 aliphatic carbocycles. The van der Waals surface area contributed by atoms with E-state index in [0.29, 0.717) is 18.4 Å². The molecule has 2 N–H and O–H groups in total. The van der Waals surface area contributed by atoms with Gasteiger partial charge in [-0.3, -0.25) is 4.99 Å². The number of piperidine rings is 1. The van der Waals surface area contributed by atoms with Gasteiger partial charge in [-0.15, -0.1) is 0 Å². The van der Waals surface area contributed by atoms with Crippen molar-refractivity contribution in [1.82, 2.24) is 20.4 Å². The predicted molar refractivity (Wildman–Crippen MR) is 119 cm³/mol. The molecule has 2 heterocycles. The van der Waals surface area contributed by atoms with E-state index in [-0.39, 0.29) is 12.1 Å². The number of hydrogen-bond acceptors (Lipinski definition) is 4. The molecule has 0 aromatic heterocycles. The van der Waals surface area contributed by atoms with Crippen LogP contribution in [0.15, 0.2) is 4.99 Å². The lowest BCUT2D eigenvalue weighted by Crippen LogP contribution is -2.50. The normalized spacial score (nSPS) is 22.7. The zero-order valence-electron chi connectivity index (χ0n) is 19.5. The van der Waals surface area contributed by atoms with Crippen molar-refractivity contribution in [1.29, 1.82) is 0 Å². The molecule has 0 radical (unpaired) electrons. The maximum atomic E-state index is 12.2. The molecule has 0 spiro atoms. The molecule has 0 aromatic rings. The van der Waals surface area contributed by atoms with E-state index in [0.717, 1.165) is 19.0 Å². The van der Waals surface area contributed by atoms with Crippen molar-refractivity contribution < 1.29 is 9.53 Å². The number of nitrogens with zero attached hydrogens (tertiary/aromatic N) is 3. The number of likely N-dealkylation sites (tertiary alicyclic amines) is 2. The summed E-state index contributed by atoms with van der Waals surface area (Å²) in [5.74, 6) is 1.94. The molecule has 2 fully saturated rings. The van der Waals surface area contributed by atoms with Crippen LogP contribution in [0.5, 0.6) is 0 Å². The first-order valence-corrected chi connectivity index (χ1v) is 11.4. The molecule has 29 heavy (non-hydrogen) atoms. The second kappa shape index (κ2) is 11.0. The van der Waals surface area contributed by atoms with Gasteiger partial charge in [-0.2, -0.15) is 0 Å². The Kier molecular flexibility index (Phi) is 9.05. The lowest BCUT2D eigenvalue weighted by Gasteiger charge is -2.30. The fourth-order valence-electron chi connectivity index (χ4n) is 4.13. The van der Waals surface area contributed by atoms with E-state index in [4.69, 9.17) is 4.74 Å². The monoisotopic (exact) mass is 409 g/mol. The number of amides is 1. The fourth-order valence-corrected chi connectivity index (χ4v) is 4.13. The molecule has 2 rings (SSSR count). The first kappa shape index (κ1) is 23.8. The topological polar surface area (TPSA) is 69.2 Å². The number of ether oxygens (including phenoxy) is 1. The van der Waals surface area contributed by atoms with Gasteiger partial charge in [-0.05, 0) is 65.0 Å². The van der Waals surface area contributed by atoms with E-state index < -0.39 is 5.60 Å². The molecule has 0 bridgehead atoms. The highest BCUT2D eigenvalue weighted by Crippen LogP contribution is 2.20. The Morgan fingerprint density at radius 2 is 1.86 bits per heavy atom. The summed E-state index contributed by atoms with van der Waals surface area (Å²) in [5.41, 5.74) is -0.492. The van der Waals surface area contributed by atoms with E-state index in [1.165, 1.54) is 45.3 Å². The van der Waals surface area contributed by atoms with Gasteiger partial charge in [-0.25, -0.2) is 4.79 Å². The van der Waals surface area contributed by atoms with E-state index in [1.54, 1.807) is 0 Å². The summed E-state index contributed by atoms with van der Waals surface area (Å²) in [7, 11) is 1.84. The number of nitrogens with one attached hydrogen (secondary N) is 2. The van der Waals surface area contributed by atoms with Crippen molar-refractivity contribution in [3.8, 4) is 0 Å². The lowest BCUT2D eigenvalue weighted by molar-refractivity contribution is 0.0491. The smallest absolute Gasteiger partial charge is 0.407 e. The van der Waals surface area contributed by atoms with Crippen LogP contribution in [0.1, 0.15) is 60.3 Å². The van der Waals surface area contributed by atoms with Crippen molar-refractivity contribution >= 4 is 12.1 Å². The highest BCUT2D eigenvalue weighted by molar-refractivity contribution is 5.80. The Balaban J connectivity index is 1.81. The Morgan fingerprint density at radius 1 is 1.17 bits per heavy atom. The Labute approximate surface area is 177 Å². The van der Waals surface area contributed by atoms with Gasteiger partial charge in [0.05, 0.1) is 6.04 Å². The highest BCUT2D eigenvalue weighted by Gasteiger charge is 2.28. The third-order valence-electron chi connectivity index (χ3n) is 5.75. The van der Waals surface area contributed by atoms with Crippen LogP contribution < -0.4 is 10.6 Å². The lowest BCUT2D eigenvalue weighted by atomic mass is 10.0. The van der Waals surface area contributed by atoms with Crippen LogP contribution in [-0.2, 0) is 4.74 Å². The quantitative estimate of drug-likeness (QED) is 0.521. The largest absolute Gasteiger partial charge is 0.444 e. The van der Waals surface area contributed by atoms with Gasteiger partial charge in [0, 0.05) is 33.2 Å². The molecule has 0 aromatic carbocycles. The van der Waals surface area contributed by atoms with Crippen molar-refractivity contribution in [2.24, 2.45) is 16.8 Å². The molecular weight excluding hydrogens is 366 g/mol. The molecule has 2 aliphatic rings. The van der Waals surface area contributed by atoms with Crippen molar-refractivity contribution in [2.45, 2.75) is 71.9 Å². The Hall–Kier alpha value is -1.50. The van der Waals surface area contributed by atoms with Crippen LogP contribution in [-0.4, -0.2) is 79.8 Å². The summed E-state index contributed by atoms with van der Waals surface area (Å²) in [6, 6.07) is -0.0200. The van der Waals surface area contributed by atoms with Gasteiger partial charge in [0.15, 0.2) is 5.96 Å². The number of rotatable bonds is 6. The van der Waals surface area contributed by atoms with Crippen molar-refractivity contribution in [3.63, 3.8) is 0 Å². The van der Waals surface area contributed by atoms with Crippen LogP contribution in [0, 0.1) is 11.8 Å². The maximum Gasteiger partial charge on any atom is 0.407 e. The minimum absolute atomic E-state index is 0.0200. The number of carbonyl (C=O) groups is 1. The van der Waals surface area contributed by atoms with Crippen LogP contribution in [0.3, 0.4) is 0 Å². The highest BCUT2D eigenvalue weighted by atomic mass is 16.6.